The second-order valence-electron chi connectivity index (χ2n) is 16.5. The molecule has 216 valence electrons. The molecular weight excluding hydrogens is 501 g/mol. The van der Waals surface area contributed by atoms with Crippen LogP contribution in [0.25, 0.3) is 0 Å². The summed E-state index contributed by atoms with van der Waals surface area (Å²) in [5.41, 5.74) is 4.45. The summed E-state index contributed by atoms with van der Waals surface area (Å²) in [6.07, 6.45) is 12.4. The minimum absolute atomic E-state index is 0.0160. The highest BCUT2D eigenvalue weighted by Gasteiger charge is 2.60. The molecule has 3 nitrogen and oxygen atoms in total. The zero-order valence-electron chi connectivity index (χ0n) is 26.9. The van der Waals surface area contributed by atoms with E-state index < -0.39 is 16.6 Å². The minimum Gasteiger partial charge on any atom is -0.414 e. The molecule has 0 bridgehead atoms. The molecule has 0 aromatic heterocycles. The van der Waals surface area contributed by atoms with Crippen molar-refractivity contribution in [3.8, 4) is 0 Å². The number of fused-ring (bicyclic) bond motifs is 5. The van der Waals surface area contributed by atoms with Gasteiger partial charge in [0.25, 0.3) is 0 Å². The number of hydrogen-bond acceptors (Lipinski definition) is 3. The lowest BCUT2D eigenvalue weighted by Gasteiger charge is -2.59. The summed E-state index contributed by atoms with van der Waals surface area (Å²) in [6.45, 7) is 30.8. The van der Waals surface area contributed by atoms with Gasteiger partial charge in [0.2, 0.25) is 0 Å². The molecule has 7 atom stereocenters. The maximum atomic E-state index is 11.0. The van der Waals surface area contributed by atoms with Crippen LogP contribution in [0.2, 0.25) is 36.3 Å². The molecule has 4 aliphatic carbocycles. The normalized spacial score (nSPS) is 39.3. The van der Waals surface area contributed by atoms with E-state index in [4.69, 9.17) is 8.85 Å². The van der Waals surface area contributed by atoms with Crippen LogP contribution in [0, 0.1) is 22.7 Å². The first-order chi connectivity index (χ1) is 17.2. The predicted molar refractivity (Wildman–Crippen MR) is 166 cm³/mol. The quantitative estimate of drug-likeness (QED) is 0.276. The van der Waals surface area contributed by atoms with Gasteiger partial charge in [-0.1, -0.05) is 84.8 Å². The van der Waals surface area contributed by atoms with Crippen LogP contribution in [0.5, 0.6) is 0 Å². The Hall–Kier alpha value is -0.466. The monoisotopic (exact) mass is 558 g/mol. The molecule has 4 rings (SSSR count). The Kier molecular flexibility index (Phi) is 7.66. The molecule has 0 spiro atoms. The summed E-state index contributed by atoms with van der Waals surface area (Å²) in [6, 6.07) is 0. The molecule has 0 heterocycles. The van der Waals surface area contributed by atoms with E-state index in [1.54, 1.807) is 11.1 Å². The molecule has 0 aliphatic heterocycles. The van der Waals surface area contributed by atoms with Crippen LogP contribution in [0.1, 0.15) is 94.4 Å². The molecule has 38 heavy (non-hydrogen) atoms. The van der Waals surface area contributed by atoms with Crippen molar-refractivity contribution >= 4 is 16.6 Å². The molecule has 0 radical (unpaired) electrons. The molecule has 0 unspecified atom stereocenters. The van der Waals surface area contributed by atoms with Gasteiger partial charge >= 0.3 is 0 Å². The van der Waals surface area contributed by atoms with Gasteiger partial charge in [-0.05, 0) is 98.1 Å². The van der Waals surface area contributed by atoms with E-state index in [9.17, 15) is 5.11 Å². The summed E-state index contributed by atoms with van der Waals surface area (Å²) >= 11 is 0. The van der Waals surface area contributed by atoms with E-state index in [0.717, 1.165) is 25.7 Å². The van der Waals surface area contributed by atoms with Crippen molar-refractivity contribution in [2.75, 3.05) is 0 Å². The van der Waals surface area contributed by atoms with Crippen LogP contribution in [-0.2, 0) is 8.85 Å². The molecular formula is C33H58O3Si2. The third kappa shape index (κ3) is 4.74. The fraction of sp³-hybridized carbons (Fsp3) is 0.818. The highest BCUT2D eigenvalue weighted by molar-refractivity contribution is 6.74. The van der Waals surface area contributed by atoms with Gasteiger partial charge in [0, 0.05) is 5.41 Å². The molecule has 4 aliphatic rings. The van der Waals surface area contributed by atoms with Gasteiger partial charge in [-0.15, -0.1) is 0 Å². The van der Waals surface area contributed by atoms with Crippen molar-refractivity contribution in [2.24, 2.45) is 22.7 Å². The van der Waals surface area contributed by atoms with Crippen LogP contribution in [0.3, 0.4) is 0 Å². The Balaban J connectivity index is 1.76. The van der Waals surface area contributed by atoms with Crippen LogP contribution in [-0.4, -0.2) is 40.1 Å². The first-order valence-corrected chi connectivity index (χ1v) is 21.1. The van der Waals surface area contributed by atoms with E-state index in [1.807, 2.05) is 0 Å². The Morgan fingerprint density at radius 3 is 2.03 bits per heavy atom. The van der Waals surface area contributed by atoms with Gasteiger partial charge in [0.15, 0.2) is 16.6 Å². The van der Waals surface area contributed by atoms with Crippen LogP contribution >= 0.6 is 0 Å². The average Bonchev–Trinajstić information content (AvgIpc) is 3.02. The number of rotatable bonds is 4. The standard InChI is InChI=1S/C33H58O3Si2/c1-14-25-28(34)21-27-24-16-15-22-19-23(35-37(10,11)30(2,3)4)20-29(36-38(12,13)31(5,6)7)33(22,9)26(24)17-18-32(25,27)8/h14-16,23,26-29,34H,17-21H2,1-13H3/b25-14-/t23-,26+,27+,28-,29+,32-,33+/m1/s1. The van der Waals surface area contributed by atoms with Crippen LogP contribution in [0.4, 0.5) is 0 Å². The minimum atomic E-state index is -2.01. The van der Waals surface area contributed by atoms with Gasteiger partial charge in [-0.25, -0.2) is 0 Å². The lowest BCUT2D eigenvalue weighted by molar-refractivity contribution is -0.0381. The predicted octanol–water partition coefficient (Wildman–Crippen LogP) is 9.18. The Morgan fingerprint density at radius 1 is 0.895 bits per heavy atom. The molecule has 5 heteroatoms. The fourth-order valence-corrected chi connectivity index (χ4v) is 10.6. The van der Waals surface area contributed by atoms with Gasteiger partial charge in [0.05, 0.1) is 18.3 Å². The average molecular weight is 559 g/mol. The van der Waals surface area contributed by atoms with Crippen molar-refractivity contribution in [1.82, 2.24) is 0 Å². The first-order valence-electron chi connectivity index (χ1n) is 15.3. The topological polar surface area (TPSA) is 38.7 Å². The largest absolute Gasteiger partial charge is 0.414 e. The van der Waals surface area contributed by atoms with E-state index in [1.165, 1.54) is 12.0 Å². The van der Waals surface area contributed by atoms with Crippen molar-refractivity contribution in [3.63, 3.8) is 0 Å². The molecule has 3 saturated carbocycles. The summed E-state index contributed by atoms with van der Waals surface area (Å²) in [4.78, 5) is 0. The lowest BCUT2D eigenvalue weighted by atomic mass is 9.50. The Morgan fingerprint density at radius 2 is 1.47 bits per heavy atom. The van der Waals surface area contributed by atoms with Crippen LogP contribution < -0.4 is 0 Å². The van der Waals surface area contributed by atoms with Gasteiger partial charge < -0.3 is 14.0 Å². The fourth-order valence-electron chi connectivity index (χ4n) is 7.79. The SMILES string of the molecule is C/C=C1/[C@H](O)C[C@H]2C3=CC=C4C[C@@H](O[Si](C)(C)C(C)(C)C)C[C@H](O[Si](C)(C)C(C)(C)C)[C@]4(C)[C@H]3CC[C@]12C. The number of hydrogen-bond donors (Lipinski definition) is 1. The Bertz CT molecular complexity index is 1020. The zero-order chi connectivity index (χ0) is 28.7. The van der Waals surface area contributed by atoms with Crippen molar-refractivity contribution in [2.45, 2.75) is 149 Å². The van der Waals surface area contributed by atoms with Crippen LogP contribution in [0.15, 0.2) is 34.9 Å². The third-order valence-corrected chi connectivity index (χ3v) is 21.3. The molecule has 0 amide bonds. The van der Waals surface area contributed by atoms with E-state index in [0.29, 0.717) is 11.8 Å². The molecule has 0 saturated heterocycles. The highest BCUT2D eigenvalue weighted by Crippen LogP contribution is 2.65. The molecule has 3 fully saturated rings. The van der Waals surface area contributed by atoms with Crippen molar-refractivity contribution < 1.29 is 14.0 Å². The molecule has 1 N–H and O–H groups in total. The first kappa shape index (κ1) is 30.5. The summed E-state index contributed by atoms with van der Waals surface area (Å²) in [5.74, 6) is 0.902. The molecule has 0 aromatic carbocycles. The van der Waals surface area contributed by atoms with Crippen molar-refractivity contribution in [3.05, 3.63) is 34.9 Å². The van der Waals surface area contributed by atoms with Gasteiger partial charge in [-0.2, -0.15) is 0 Å². The number of aliphatic hydroxyl groups excluding tert-OH is 1. The number of allylic oxidation sites excluding steroid dienone is 4. The maximum Gasteiger partial charge on any atom is 0.192 e. The van der Waals surface area contributed by atoms with Crippen molar-refractivity contribution in [1.29, 1.82) is 0 Å². The zero-order valence-corrected chi connectivity index (χ0v) is 28.9. The van der Waals surface area contributed by atoms with Gasteiger partial charge in [0.1, 0.15) is 0 Å². The highest BCUT2D eigenvalue weighted by atomic mass is 28.4. The summed E-state index contributed by atoms with van der Waals surface area (Å²) in [7, 11) is -3.91. The second-order valence-corrected chi connectivity index (χ2v) is 26.0. The van der Waals surface area contributed by atoms with E-state index >= 15 is 0 Å². The number of aliphatic hydroxyl groups is 1. The molecule has 0 aromatic rings. The maximum absolute atomic E-state index is 11.0. The third-order valence-electron chi connectivity index (χ3n) is 12.3. The second kappa shape index (κ2) is 9.54. The van der Waals surface area contributed by atoms with Gasteiger partial charge in [-0.3, -0.25) is 0 Å². The summed E-state index contributed by atoms with van der Waals surface area (Å²) in [5, 5.41) is 11.4. The smallest absolute Gasteiger partial charge is 0.192 e. The van der Waals surface area contributed by atoms with E-state index in [2.05, 4.69) is 107 Å². The lowest BCUT2D eigenvalue weighted by Crippen LogP contribution is -2.58. The Labute approximate surface area is 236 Å². The van der Waals surface area contributed by atoms with E-state index in [-0.39, 0.29) is 39.2 Å². The summed E-state index contributed by atoms with van der Waals surface area (Å²) < 4.78 is 14.5.